The fourth-order valence-corrected chi connectivity index (χ4v) is 3.95. The molecule has 9 nitrogen and oxygen atoms in total. The van der Waals surface area contributed by atoms with E-state index in [1.165, 1.54) is 5.69 Å². The lowest BCUT2D eigenvalue weighted by atomic mass is 10.1. The zero-order valence-corrected chi connectivity index (χ0v) is 17.6. The Labute approximate surface area is 184 Å². The number of nitrogens with one attached hydrogen (secondary N) is 2. The van der Waals surface area contributed by atoms with Crippen molar-refractivity contribution in [3.8, 4) is 11.3 Å². The van der Waals surface area contributed by atoms with Crippen molar-refractivity contribution in [3.05, 3.63) is 64.8 Å². The van der Waals surface area contributed by atoms with E-state index in [2.05, 4.69) is 44.2 Å². The summed E-state index contributed by atoms with van der Waals surface area (Å²) in [7, 11) is 0. The quantitative estimate of drug-likeness (QED) is 0.453. The number of pyridine rings is 2. The zero-order chi connectivity index (χ0) is 22.1. The minimum Gasteiger partial charge on any atom is -0.378 e. The molecule has 0 atom stereocenters. The number of hydrogen-bond acceptors (Lipinski definition) is 8. The summed E-state index contributed by atoms with van der Waals surface area (Å²) in [6.45, 7) is 5.30. The van der Waals surface area contributed by atoms with Crippen molar-refractivity contribution in [2.24, 2.45) is 0 Å². The number of nitrogens with zero attached hydrogens (tertiary/aromatic N) is 4. The Balaban J connectivity index is 1.55. The summed E-state index contributed by atoms with van der Waals surface area (Å²) in [4.78, 5) is 30.5. The van der Waals surface area contributed by atoms with Crippen LogP contribution >= 0.6 is 0 Å². The molecule has 3 aromatic heterocycles. The molecule has 4 aromatic rings. The first-order valence-corrected chi connectivity index (χ1v) is 10.4. The highest BCUT2D eigenvalue weighted by atomic mass is 16.5. The van der Waals surface area contributed by atoms with Gasteiger partial charge in [-0.05, 0) is 48.2 Å². The van der Waals surface area contributed by atoms with Crippen molar-refractivity contribution < 1.29 is 4.74 Å². The predicted octanol–water partition coefficient (Wildman–Crippen LogP) is 2.85. The molecular formula is C23H23N7O2. The van der Waals surface area contributed by atoms with E-state index in [0.29, 0.717) is 22.5 Å². The van der Waals surface area contributed by atoms with Gasteiger partial charge in [0.05, 0.1) is 24.3 Å². The number of aryl methyl sites for hydroxylation is 1. The molecule has 0 saturated carbocycles. The van der Waals surface area contributed by atoms with Gasteiger partial charge in [0.25, 0.3) is 5.56 Å². The molecule has 5 rings (SSSR count). The van der Waals surface area contributed by atoms with E-state index in [9.17, 15) is 4.79 Å². The van der Waals surface area contributed by atoms with E-state index in [-0.39, 0.29) is 11.5 Å². The van der Waals surface area contributed by atoms with Gasteiger partial charge < -0.3 is 25.7 Å². The summed E-state index contributed by atoms with van der Waals surface area (Å²) in [5, 5.41) is 4.59. The van der Waals surface area contributed by atoms with Crippen LogP contribution in [-0.4, -0.2) is 46.2 Å². The second kappa shape index (κ2) is 8.27. The van der Waals surface area contributed by atoms with Gasteiger partial charge in [-0.15, -0.1) is 0 Å². The third-order valence-corrected chi connectivity index (χ3v) is 5.53. The summed E-state index contributed by atoms with van der Waals surface area (Å²) in [6.07, 6.45) is 4.86. The van der Waals surface area contributed by atoms with Crippen LogP contribution in [0.3, 0.4) is 0 Å². The van der Waals surface area contributed by atoms with E-state index >= 15 is 0 Å². The third-order valence-electron chi connectivity index (χ3n) is 5.53. The zero-order valence-electron chi connectivity index (χ0n) is 17.6. The highest BCUT2D eigenvalue weighted by Gasteiger charge is 2.15. The van der Waals surface area contributed by atoms with Gasteiger partial charge >= 0.3 is 0 Å². The normalized spacial score (nSPS) is 14.0. The van der Waals surface area contributed by atoms with Crippen molar-refractivity contribution in [1.82, 2.24) is 19.9 Å². The molecule has 32 heavy (non-hydrogen) atoms. The minimum absolute atomic E-state index is 0.195. The van der Waals surface area contributed by atoms with Crippen molar-refractivity contribution in [1.29, 1.82) is 0 Å². The van der Waals surface area contributed by atoms with Crippen molar-refractivity contribution in [3.63, 3.8) is 0 Å². The number of fused-ring (bicyclic) bond motifs is 1. The summed E-state index contributed by atoms with van der Waals surface area (Å²) >= 11 is 0. The number of anilines is 4. The van der Waals surface area contributed by atoms with Crippen LogP contribution in [0.1, 0.15) is 5.56 Å². The van der Waals surface area contributed by atoms with Gasteiger partial charge in [-0.3, -0.25) is 4.79 Å². The summed E-state index contributed by atoms with van der Waals surface area (Å²) < 4.78 is 5.46. The SMILES string of the molecule is Cc1cc(Nc2nc(-c3cnc(N)nc3)cc3cc[nH]c(=O)c23)ccc1N1CCOCC1. The Kier molecular flexibility index (Phi) is 5.16. The highest BCUT2D eigenvalue weighted by Crippen LogP contribution is 2.30. The third kappa shape index (κ3) is 3.85. The number of hydrogen-bond donors (Lipinski definition) is 3. The molecule has 0 radical (unpaired) electrons. The second-order valence-corrected chi connectivity index (χ2v) is 7.68. The number of aromatic nitrogens is 4. The first kappa shape index (κ1) is 20.0. The summed E-state index contributed by atoms with van der Waals surface area (Å²) in [6, 6.07) is 9.85. The number of benzene rings is 1. The number of ether oxygens (including phenoxy) is 1. The maximum absolute atomic E-state index is 12.6. The lowest BCUT2D eigenvalue weighted by Gasteiger charge is -2.30. The summed E-state index contributed by atoms with van der Waals surface area (Å²) in [5.41, 5.74) is 9.93. The molecule has 1 aromatic carbocycles. The molecule has 0 aliphatic carbocycles. The van der Waals surface area contributed by atoms with Gasteiger partial charge in [0, 0.05) is 48.6 Å². The lowest BCUT2D eigenvalue weighted by molar-refractivity contribution is 0.122. The van der Waals surface area contributed by atoms with Gasteiger partial charge in [-0.1, -0.05) is 0 Å². The Morgan fingerprint density at radius 1 is 1.12 bits per heavy atom. The number of nitrogen functional groups attached to an aromatic ring is 1. The fraction of sp³-hybridized carbons (Fsp3) is 0.217. The van der Waals surface area contributed by atoms with Crippen LogP contribution in [-0.2, 0) is 4.74 Å². The molecule has 1 aliphatic heterocycles. The number of H-pyrrole nitrogens is 1. The standard InChI is InChI=1S/C23H23N7O2/c1-14-10-17(2-3-19(14)30-6-8-32-9-7-30)28-21-20-15(4-5-25-22(20)31)11-18(29-21)16-12-26-23(24)27-13-16/h2-5,10-13H,6-9H2,1H3,(H,25,31)(H,28,29)(H2,24,26,27). The smallest absolute Gasteiger partial charge is 0.259 e. The molecule has 0 bridgehead atoms. The van der Waals surface area contributed by atoms with Gasteiger partial charge in [0.1, 0.15) is 5.82 Å². The van der Waals surface area contributed by atoms with Crippen LogP contribution < -0.4 is 21.5 Å². The van der Waals surface area contributed by atoms with Gasteiger partial charge in [-0.25, -0.2) is 15.0 Å². The molecule has 162 valence electrons. The average Bonchev–Trinajstić information content (AvgIpc) is 2.80. The number of morpholine rings is 1. The molecule has 4 heterocycles. The van der Waals surface area contributed by atoms with Crippen LogP contribution in [0.2, 0.25) is 0 Å². The van der Waals surface area contributed by atoms with Crippen molar-refractivity contribution >= 4 is 33.9 Å². The average molecular weight is 429 g/mol. The molecule has 0 spiro atoms. The van der Waals surface area contributed by atoms with Crippen molar-refractivity contribution in [2.45, 2.75) is 6.92 Å². The lowest BCUT2D eigenvalue weighted by Crippen LogP contribution is -2.36. The topological polar surface area (TPSA) is 122 Å². The van der Waals surface area contributed by atoms with Crippen LogP contribution in [0.15, 0.2) is 53.7 Å². The van der Waals surface area contributed by atoms with Crippen LogP contribution in [0, 0.1) is 6.92 Å². The molecule has 0 unspecified atom stereocenters. The minimum atomic E-state index is -0.209. The predicted molar refractivity (Wildman–Crippen MR) is 125 cm³/mol. The first-order chi connectivity index (χ1) is 15.6. The highest BCUT2D eigenvalue weighted by molar-refractivity contribution is 5.95. The second-order valence-electron chi connectivity index (χ2n) is 7.68. The first-order valence-electron chi connectivity index (χ1n) is 10.4. The molecule has 9 heteroatoms. The van der Waals surface area contributed by atoms with Crippen LogP contribution in [0.5, 0.6) is 0 Å². The maximum atomic E-state index is 12.6. The largest absolute Gasteiger partial charge is 0.378 e. The fourth-order valence-electron chi connectivity index (χ4n) is 3.95. The molecular weight excluding hydrogens is 406 g/mol. The van der Waals surface area contributed by atoms with E-state index in [1.54, 1.807) is 18.6 Å². The van der Waals surface area contributed by atoms with E-state index in [0.717, 1.165) is 42.9 Å². The molecule has 4 N–H and O–H groups in total. The number of aromatic amines is 1. The Morgan fingerprint density at radius 3 is 2.66 bits per heavy atom. The van der Waals surface area contributed by atoms with Gasteiger partial charge in [-0.2, -0.15) is 0 Å². The maximum Gasteiger partial charge on any atom is 0.259 e. The Bertz CT molecular complexity index is 1330. The van der Waals surface area contributed by atoms with Crippen LogP contribution in [0.25, 0.3) is 22.0 Å². The van der Waals surface area contributed by atoms with Gasteiger partial charge in [0.2, 0.25) is 5.95 Å². The van der Waals surface area contributed by atoms with Gasteiger partial charge in [0.15, 0.2) is 0 Å². The van der Waals surface area contributed by atoms with Crippen molar-refractivity contribution in [2.75, 3.05) is 42.3 Å². The molecule has 1 fully saturated rings. The molecule has 1 saturated heterocycles. The molecule has 1 aliphatic rings. The number of nitrogens with two attached hydrogens (primary N) is 1. The monoisotopic (exact) mass is 429 g/mol. The van der Waals surface area contributed by atoms with E-state index in [4.69, 9.17) is 15.5 Å². The summed E-state index contributed by atoms with van der Waals surface area (Å²) in [5.74, 6) is 0.662. The Morgan fingerprint density at radius 2 is 1.91 bits per heavy atom. The van der Waals surface area contributed by atoms with Crippen LogP contribution in [0.4, 0.5) is 23.1 Å². The van der Waals surface area contributed by atoms with E-state index < -0.39 is 0 Å². The number of rotatable bonds is 4. The van der Waals surface area contributed by atoms with E-state index in [1.807, 2.05) is 18.2 Å². The Hall–Kier alpha value is -3.98. The molecule has 0 amide bonds.